The van der Waals surface area contributed by atoms with Crippen LogP contribution >= 0.6 is 0 Å². The molecule has 0 aliphatic rings. The summed E-state index contributed by atoms with van der Waals surface area (Å²) in [5.41, 5.74) is 0.462. The molecule has 1 aromatic carbocycles. The minimum Gasteiger partial charge on any atom is -0.490 e. The minimum absolute atomic E-state index is 0.183. The van der Waals surface area contributed by atoms with Gasteiger partial charge < -0.3 is 13.9 Å². The fraction of sp³-hybridized carbons (Fsp3) is 0.214. The van der Waals surface area contributed by atoms with E-state index in [4.69, 9.17) is 13.9 Å². The van der Waals surface area contributed by atoms with Crippen molar-refractivity contribution in [1.29, 1.82) is 0 Å². The highest BCUT2D eigenvalue weighted by molar-refractivity contribution is 5.74. The highest BCUT2D eigenvalue weighted by Crippen LogP contribution is 2.31. The van der Waals surface area contributed by atoms with Crippen LogP contribution in [0, 0.1) is 5.82 Å². The highest BCUT2D eigenvalue weighted by Gasteiger charge is 2.12. The predicted octanol–water partition coefficient (Wildman–Crippen LogP) is 2.92. The van der Waals surface area contributed by atoms with Gasteiger partial charge in [-0.1, -0.05) is 0 Å². The molecule has 2 rings (SSSR count). The van der Waals surface area contributed by atoms with Crippen molar-refractivity contribution in [2.24, 2.45) is 0 Å². The molecular formula is C14H13FO4. The number of aldehydes is 1. The lowest BCUT2D eigenvalue weighted by Gasteiger charge is -2.09. The quantitative estimate of drug-likeness (QED) is 0.594. The Labute approximate surface area is 109 Å². The molecule has 0 radical (unpaired) electrons. The van der Waals surface area contributed by atoms with E-state index in [9.17, 15) is 9.18 Å². The molecule has 2 aromatic rings. The third-order valence-electron chi connectivity index (χ3n) is 2.50. The molecule has 0 aliphatic carbocycles. The molecule has 0 atom stereocenters. The zero-order valence-electron chi connectivity index (χ0n) is 10.4. The first-order chi connectivity index (χ1) is 9.24. The number of rotatable bonds is 6. The van der Waals surface area contributed by atoms with E-state index in [2.05, 4.69) is 0 Å². The number of ether oxygens (including phenoxy) is 2. The van der Waals surface area contributed by atoms with E-state index in [0.717, 1.165) is 0 Å². The molecule has 0 unspecified atom stereocenters. The molecule has 1 heterocycles. The van der Waals surface area contributed by atoms with Crippen LogP contribution in [0.2, 0.25) is 0 Å². The summed E-state index contributed by atoms with van der Waals surface area (Å²) in [6, 6.07) is 7.24. The Morgan fingerprint density at radius 3 is 2.79 bits per heavy atom. The standard InChI is InChI=1S/C14H13FO4/c1-17-6-7-18-13-4-2-10(15)8-12(13)14-5-3-11(9-16)19-14/h2-5,8-9H,6-7H2,1H3. The van der Waals surface area contributed by atoms with Crippen molar-refractivity contribution < 1.29 is 23.1 Å². The van der Waals surface area contributed by atoms with Gasteiger partial charge in [-0.3, -0.25) is 4.79 Å². The third kappa shape index (κ3) is 3.20. The molecule has 0 saturated carbocycles. The molecule has 0 spiro atoms. The number of halogens is 1. The van der Waals surface area contributed by atoms with Crippen LogP contribution in [0.5, 0.6) is 5.75 Å². The molecule has 19 heavy (non-hydrogen) atoms. The molecule has 0 fully saturated rings. The van der Waals surface area contributed by atoms with Gasteiger partial charge in [-0.05, 0) is 30.3 Å². The summed E-state index contributed by atoms with van der Waals surface area (Å²) in [4.78, 5) is 10.6. The second kappa shape index (κ2) is 6.15. The Balaban J connectivity index is 2.30. The Kier molecular flexibility index (Phi) is 4.30. The molecule has 0 saturated heterocycles. The zero-order chi connectivity index (χ0) is 13.7. The smallest absolute Gasteiger partial charge is 0.185 e. The monoisotopic (exact) mass is 264 g/mol. The largest absolute Gasteiger partial charge is 0.490 e. The van der Waals surface area contributed by atoms with Gasteiger partial charge >= 0.3 is 0 Å². The van der Waals surface area contributed by atoms with Crippen molar-refractivity contribution in [1.82, 2.24) is 0 Å². The summed E-state index contributed by atoms with van der Waals surface area (Å²) < 4.78 is 29.0. The lowest BCUT2D eigenvalue weighted by Crippen LogP contribution is -2.05. The summed E-state index contributed by atoms with van der Waals surface area (Å²) in [5.74, 6) is 0.638. The minimum atomic E-state index is -0.404. The van der Waals surface area contributed by atoms with Crippen molar-refractivity contribution >= 4 is 6.29 Å². The second-order valence-corrected chi connectivity index (χ2v) is 3.80. The van der Waals surface area contributed by atoms with Crippen LogP contribution in [0.4, 0.5) is 4.39 Å². The van der Waals surface area contributed by atoms with Crippen LogP contribution in [-0.2, 0) is 4.74 Å². The number of carbonyl (C=O) groups is 1. The van der Waals surface area contributed by atoms with E-state index in [1.807, 2.05) is 0 Å². The number of carbonyl (C=O) groups excluding carboxylic acids is 1. The topological polar surface area (TPSA) is 48.7 Å². The number of hydrogen-bond donors (Lipinski definition) is 0. The first-order valence-corrected chi connectivity index (χ1v) is 5.71. The van der Waals surface area contributed by atoms with Crippen LogP contribution in [0.1, 0.15) is 10.6 Å². The Morgan fingerprint density at radius 1 is 1.26 bits per heavy atom. The number of furan rings is 1. The van der Waals surface area contributed by atoms with Crippen molar-refractivity contribution in [2.75, 3.05) is 20.3 Å². The van der Waals surface area contributed by atoms with E-state index >= 15 is 0 Å². The molecule has 0 aliphatic heterocycles. The van der Waals surface area contributed by atoms with Gasteiger partial charge in [-0.15, -0.1) is 0 Å². The zero-order valence-corrected chi connectivity index (χ0v) is 10.4. The maximum absolute atomic E-state index is 13.3. The predicted molar refractivity (Wildman–Crippen MR) is 66.9 cm³/mol. The normalized spacial score (nSPS) is 10.4. The fourth-order valence-electron chi connectivity index (χ4n) is 1.62. The molecule has 100 valence electrons. The summed E-state index contributed by atoms with van der Waals surface area (Å²) in [6.45, 7) is 0.769. The third-order valence-corrected chi connectivity index (χ3v) is 2.50. The average Bonchev–Trinajstić information content (AvgIpc) is 2.89. The average molecular weight is 264 g/mol. The second-order valence-electron chi connectivity index (χ2n) is 3.80. The number of hydrogen-bond acceptors (Lipinski definition) is 4. The molecule has 0 amide bonds. The number of methoxy groups -OCH3 is 1. The van der Waals surface area contributed by atoms with Crippen molar-refractivity contribution in [3.8, 4) is 17.1 Å². The molecule has 0 N–H and O–H groups in total. The van der Waals surface area contributed by atoms with Crippen LogP contribution in [0.3, 0.4) is 0 Å². The first kappa shape index (κ1) is 13.3. The lowest BCUT2D eigenvalue weighted by molar-refractivity contribution is 0.110. The van der Waals surface area contributed by atoms with Gasteiger partial charge in [0.1, 0.15) is 23.9 Å². The Hall–Kier alpha value is -2.14. The lowest BCUT2D eigenvalue weighted by atomic mass is 10.1. The van der Waals surface area contributed by atoms with Crippen LogP contribution in [0.25, 0.3) is 11.3 Å². The fourth-order valence-corrected chi connectivity index (χ4v) is 1.62. The highest BCUT2D eigenvalue weighted by atomic mass is 19.1. The van der Waals surface area contributed by atoms with Gasteiger partial charge in [0.05, 0.1) is 12.2 Å². The summed E-state index contributed by atoms with van der Waals surface area (Å²) in [5, 5.41) is 0. The van der Waals surface area contributed by atoms with E-state index in [1.54, 1.807) is 13.2 Å². The van der Waals surface area contributed by atoms with Gasteiger partial charge in [-0.2, -0.15) is 0 Å². The van der Waals surface area contributed by atoms with Gasteiger partial charge in [-0.25, -0.2) is 4.39 Å². The molecule has 1 aromatic heterocycles. The van der Waals surface area contributed by atoms with E-state index in [0.29, 0.717) is 36.6 Å². The van der Waals surface area contributed by atoms with E-state index in [1.165, 1.54) is 24.3 Å². The van der Waals surface area contributed by atoms with Crippen molar-refractivity contribution in [3.63, 3.8) is 0 Å². The van der Waals surface area contributed by atoms with Gasteiger partial charge in [0.15, 0.2) is 12.0 Å². The maximum atomic E-state index is 13.3. The Morgan fingerprint density at radius 2 is 2.11 bits per heavy atom. The maximum Gasteiger partial charge on any atom is 0.185 e. The van der Waals surface area contributed by atoms with E-state index < -0.39 is 5.82 Å². The molecule has 4 nitrogen and oxygen atoms in total. The summed E-state index contributed by atoms with van der Waals surface area (Å²) >= 11 is 0. The van der Waals surface area contributed by atoms with Crippen molar-refractivity contribution in [2.45, 2.75) is 0 Å². The van der Waals surface area contributed by atoms with Crippen molar-refractivity contribution in [3.05, 3.63) is 41.9 Å². The molecule has 0 bridgehead atoms. The van der Waals surface area contributed by atoms with E-state index in [-0.39, 0.29) is 5.76 Å². The summed E-state index contributed by atoms with van der Waals surface area (Å²) in [6.07, 6.45) is 0.592. The number of benzene rings is 1. The first-order valence-electron chi connectivity index (χ1n) is 5.71. The van der Waals surface area contributed by atoms with Crippen LogP contribution in [0.15, 0.2) is 34.7 Å². The Bertz CT molecular complexity index is 562. The van der Waals surface area contributed by atoms with Crippen LogP contribution in [-0.4, -0.2) is 26.6 Å². The molecular weight excluding hydrogens is 251 g/mol. The SMILES string of the molecule is COCCOc1ccc(F)cc1-c1ccc(C=O)o1. The summed E-state index contributed by atoms with van der Waals surface area (Å²) in [7, 11) is 1.57. The van der Waals surface area contributed by atoms with Gasteiger partial charge in [0.2, 0.25) is 0 Å². The molecule has 5 heteroatoms. The van der Waals surface area contributed by atoms with Gasteiger partial charge in [0.25, 0.3) is 0 Å². The van der Waals surface area contributed by atoms with Gasteiger partial charge in [0, 0.05) is 7.11 Å². The van der Waals surface area contributed by atoms with Crippen LogP contribution < -0.4 is 4.74 Å².